The lowest BCUT2D eigenvalue weighted by Gasteiger charge is -2.27. The van der Waals surface area contributed by atoms with Crippen molar-refractivity contribution in [1.82, 2.24) is 9.88 Å². The van der Waals surface area contributed by atoms with E-state index in [1.807, 2.05) is 24.3 Å². The summed E-state index contributed by atoms with van der Waals surface area (Å²) in [6.07, 6.45) is 4.20. The Hall–Kier alpha value is -3.43. The standard InChI is InChI=1S/C24H25N3O5S/c1-31-23-7-6-21(17-22(23)24(28)27-12-14-32-15-13-27)33(29,30)26-20-4-2-18(3-5-20)16-19-8-10-25-11-9-19/h2-11,17,26H,12-16H2,1H3. The summed E-state index contributed by atoms with van der Waals surface area (Å²) in [4.78, 5) is 18.6. The van der Waals surface area contributed by atoms with Crippen molar-refractivity contribution < 1.29 is 22.7 Å². The second-order valence-electron chi connectivity index (χ2n) is 7.60. The van der Waals surface area contributed by atoms with E-state index in [1.165, 1.54) is 25.3 Å². The zero-order chi connectivity index (χ0) is 23.3. The predicted octanol–water partition coefficient (Wildman–Crippen LogP) is 2.95. The summed E-state index contributed by atoms with van der Waals surface area (Å²) in [5, 5.41) is 0. The Kier molecular flexibility index (Phi) is 6.90. The van der Waals surface area contributed by atoms with Gasteiger partial charge in [0.15, 0.2) is 0 Å². The molecule has 1 saturated heterocycles. The number of nitrogens with zero attached hydrogens (tertiary/aromatic N) is 2. The molecule has 0 saturated carbocycles. The van der Waals surface area contributed by atoms with Gasteiger partial charge >= 0.3 is 0 Å². The van der Waals surface area contributed by atoms with Crippen molar-refractivity contribution in [2.75, 3.05) is 38.1 Å². The molecule has 3 aromatic rings. The third kappa shape index (κ3) is 5.50. The SMILES string of the molecule is COc1ccc(S(=O)(=O)Nc2ccc(Cc3ccncc3)cc2)cc1C(=O)N1CCOCC1. The van der Waals surface area contributed by atoms with Gasteiger partial charge in [-0.25, -0.2) is 8.42 Å². The van der Waals surface area contributed by atoms with Crippen LogP contribution in [0.1, 0.15) is 21.5 Å². The van der Waals surface area contributed by atoms with Crippen LogP contribution in [0.15, 0.2) is 71.9 Å². The summed E-state index contributed by atoms with van der Waals surface area (Å²) < 4.78 is 39.2. The Morgan fingerprint density at radius 1 is 1.03 bits per heavy atom. The van der Waals surface area contributed by atoms with Crippen LogP contribution in [0, 0.1) is 0 Å². The van der Waals surface area contributed by atoms with Crippen LogP contribution in [0.25, 0.3) is 0 Å². The number of ether oxygens (including phenoxy) is 2. The minimum absolute atomic E-state index is 0.0132. The Labute approximate surface area is 193 Å². The maximum atomic E-state index is 13.0. The normalized spacial score (nSPS) is 14.0. The van der Waals surface area contributed by atoms with E-state index in [0.717, 1.165) is 17.5 Å². The van der Waals surface area contributed by atoms with E-state index in [9.17, 15) is 13.2 Å². The smallest absolute Gasteiger partial charge is 0.261 e. The number of carbonyl (C=O) groups excluding carboxylic acids is 1. The third-order valence-corrected chi connectivity index (χ3v) is 6.75. The number of methoxy groups -OCH3 is 1. The van der Waals surface area contributed by atoms with E-state index in [0.29, 0.717) is 37.7 Å². The minimum atomic E-state index is -3.91. The van der Waals surface area contributed by atoms with Gasteiger partial charge in [-0.15, -0.1) is 0 Å². The lowest BCUT2D eigenvalue weighted by molar-refractivity contribution is 0.0300. The van der Waals surface area contributed by atoms with Crippen molar-refractivity contribution >= 4 is 21.6 Å². The summed E-state index contributed by atoms with van der Waals surface area (Å²) in [5.74, 6) is 0.0403. The van der Waals surface area contributed by atoms with Crippen molar-refractivity contribution in [1.29, 1.82) is 0 Å². The molecule has 1 amide bonds. The monoisotopic (exact) mass is 467 g/mol. The number of pyridine rings is 1. The second-order valence-corrected chi connectivity index (χ2v) is 9.28. The number of benzene rings is 2. The topological polar surface area (TPSA) is 97.8 Å². The number of hydrogen-bond acceptors (Lipinski definition) is 6. The fraction of sp³-hybridized carbons (Fsp3) is 0.250. The second kappa shape index (κ2) is 10.0. The molecule has 0 atom stereocenters. The Morgan fingerprint density at radius 2 is 1.70 bits per heavy atom. The molecular formula is C24H25N3O5S. The third-order valence-electron chi connectivity index (χ3n) is 5.37. The van der Waals surface area contributed by atoms with Gasteiger partial charge in [-0.05, 0) is 60.0 Å². The fourth-order valence-electron chi connectivity index (χ4n) is 3.60. The summed E-state index contributed by atoms with van der Waals surface area (Å²) in [5.41, 5.74) is 2.81. The molecule has 0 unspecified atom stereocenters. The average molecular weight is 468 g/mol. The zero-order valence-electron chi connectivity index (χ0n) is 18.2. The molecule has 172 valence electrons. The van der Waals surface area contributed by atoms with Gasteiger partial charge in [0.2, 0.25) is 0 Å². The van der Waals surface area contributed by atoms with Gasteiger partial charge in [0.1, 0.15) is 5.75 Å². The summed E-state index contributed by atoms with van der Waals surface area (Å²) in [6.45, 7) is 1.79. The molecule has 0 radical (unpaired) electrons. The molecule has 4 rings (SSSR count). The number of morpholine rings is 1. The van der Waals surface area contributed by atoms with Gasteiger partial charge in [0, 0.05) is 31.2 Å². The molecule has 2 aromatic carbocycles. The molecule has 0 spiro atoms. The van der Waals surface area contributed by atoms with Gasteiger partial charge in [-0.3, -0.25) is 14.5 Å². The largest absolute Gasteiger partial charge is 0.496 e. The maximum absolute atomic E-state index is 13.0. The number of sulfonamides is 1. The maximum Gasteiger partial charge on any atom is 0.261 e. The Balaban J connectivity index is 1.52. The first-order valence-corrected chi connectivity index (χ1v) is 12.0. The molecule has 1 fully saturated rings. The van der Waals surface area contributed by atoms with Gasteiger partial charge in [0.05, 0.1) is 30.8 Å². The van der Waals surface area contributed by atoms with E-state index in [2.05, 4.69) is 9.71 Å². The van der Waals surface area contributed by atoms with Crippen LogP contribution >= 0.6 is 0 Å². The quantitative estimate of drug-likeness (QED) is 0.574. The molecule has 1 N–H and O–H groups in total. The highest BCUT2D eigenvalue weighted by Gasteiger charge is 2.24. The molecule has 1 aromatic heterocycles. The molecule has 0 aliphatic carbocycles. The molecule has 2 heterocycles. The molecule has 33 heavy (non-hydrogen) atoms. The summed E-state index contributed by atoms with van der Waals surface area (Å²) in [6, 6.07) is 15.4. The van der Waals surface area contributed by atoms with Crippen molar-refractivity contribution in [2.45, 2.75) is 11.3 Å². The average Bonchev–Trinajstić information content (AvgIpc) is 2.85. The van der Waals surface area contributed by atoms with Gasteiger partial charge in [-0.2, -0.15) is 0 Å². The first-order chi connectivity index (χ1) is 16.0. The van der Waals surface area contributed by atoms with Crippen LogP contribution in [0.5, 0.6) is 5.75 Å². The highest BCUT2D eigenvalue weighted by Crippen LogP contribution is 2.26. The fourth-order valence-corrected chi connectivity index (χ4v) is 4.68. The number of hydrogen-bond donors (Lipinski definition) is 1. The van der Waals surface area contributed by atoms with Crippen LogP contribution in [0.3, 0.4) is 0 Å². The van der Waals surface area contributed by atoms with Gasteiger partial charge < -0.3 is 14.4 Å². The van der Waals surface area contributed by atoms with E-state index in [4.69, 9.17) is 9.47 Å². The zero-order valence-corrected chi connectivity index (χ0v) is 19.0. The van der Waals surface area contributed by atoms with E-state index >= 15 is 0 Å². The van der Waals surface area contributed by atoms with E-state index in [1.54, 1.807) is 29.4 Å². The summed E-state index contributed by atoms with van der Waals surface area (Å²) in [7, 11) is -2.46. The van der Waals surface area contributed by atoms with Gasteiger partial charge in [-0.1, -0.05) is 12.1 Å². The van der Waals surface area contributed by atoms with Crippen LogP contribution in [-0.2, 0) is 21.2 Å². The number of anilines is 1. The van der Waals surface area contributed by atoms with E-state index < -0.39 is 10.0 Å². The van der Waals surface area contributed by atoms with Gasteiger partial charge in [0.25, 0.3) is 15.9 Å². The number of nitrogens with one attached hydrogen (secondary N) is 1. The Bertz CT molecular complexity index is 1210. The number of rotatable bonds is 7. The number of carbonyl (C=O) groups is 1. The molecule has 9 heteroatoms. The van der Waals surface area contributed by atoms with Crippen molar-refractivity contribution in [3.05, 3.63) is 83.7 Å². The predicted molar refractivity (Wildman–Crippen MR) is 124 cm³/mol. The first kappa shape index (κ1) is 22.8. The Morgan fingerprint density at radius 3 is 2.36 bits per heavy atom. The lowest BCUT2D eigenvalue weighted by atomic mass is 10.1. The molecular weight excluding hydrogens is 442 g/mol. The molecule has 1 aliphatic rings. The van der Waals surface area contributed by atoms with Crippen LogP contribution in [-0.4, -0.2) is 57.6 Å². The molecule has 8 nitrogen and oxygen atoms in total. The van der Waals surface area contributed by atoms with Crippen molar-refractivity contribution in [3.8, 4) is 5.75 Å². The van der Waals surface area contributed by atoms with Crippen LogP contribution in [0.2, 0.25) is 0 Å². The highest BCUT2D eigenvalue weighted by molar-refractivity contribution is 7.92. The minimum Gasteiger partial charge on any atom is -0.496 e. The highest BCUT2D eigenvalue weighted by atomic mass is 32.2. The first-order valence-electron chi connectivity index (χ1n) is 10.5. The van der Waals surface area contributed by atoms with Crippen molar-refractivity contribution in [2.24, 2.45) is 0 Å². The van der Waals surface area contributed by atoms with E-state index in [-0.39, 0.29) is 16.4 Å². The molecule has 0 bridgehead atoms. The number of aromatic nitrogens is 1. The van der Waals surface area contributed by atoms with Crippen LogP contribution < -0.4 is 9.46 Å². The molecule has 1 aliphatic heterocycles. The summed E-state index contributed by atoms with van der Waals surface area (Å²) >= 11 is 0. The van der Waals surface area contributed by atoms with Crippen molar-refractivity contribution in [3.63, 3.8) is 0 Å². The lowest BCUT2D eigenvalue weighted by Crippen LogP contribution is -2.40. The van der Waals surface area contributed by atoms with Crippen LogP contribution in [0.4, 0.5) is 5.69 Å². The number of amides is 1.